The van der Waals surface area contributed by atoms with Crippen LogP contribution in [0.25, 0.3) is 0 Å². The van der Waals surface area contributed by atoms with Crippen LogP contribution in [-0.4, -0.2) is 22.0 Å². The van der Waals surface area contributed by atoms with Gasteiger partial charge in [0.2, 0.25) is 5.91 Å². The fourth-order valence-electron chi connectivity index (χ4n) is 1.70. The molecule has 19 heavy (non-hydrogen) atoms. The number of rotatable bonds is 8. The number of hydrogen-bond acceptors (Lipinski definition) is 4. The number of thiazole rings is 1. The highest BCUT2D eigenvalue weighted by Gasteiger charge is 2.15. The minimum Gasteiger partial charge on any atom is -0.481 e. The van der Waals surface area contributed by atoms with Crippen LogP contribution in [0.4, 0.5) is 0 Å². The normalized spacial score (nSPS) is 12.1. The molecule has 0 bridgehead atoms. The third-order valence-corrected chi connectivity index (χ3v) is 3.80. The Hall–Kier alpha value is -1.43. The summed E-state index contributed by atoms with van der Waals surface area (Å²) >= 11 is 1.55. The number of carboxylic acid groups (broad SMARTS) is 1. The maximum atomic E-state index is 11.8. The van der Waals surface area contributed by atoms with Gasteiger partial charge in [-0.2, -0.15) is 0 Å². The van der Waals surface area contributed by atoms with Gasteiger partial charge in [0.15, 0.2) is 0 Å². The zero-order valence-corrected chi connectivity index (χ0v) is 12.1. The van der Waals surface area contributed by atoms with Gasteiger partial charge in [0.05, 0.1) is 6.04 Å². The highest BCUT2D eigenvalue weighted by Crippen LogP contribution is 2.20. The quantitative estimate of drug-likeness (QED) is 0.719. The molecule has 1 atom stereocenters. The van der Waals surface area contributed by atoms with Crippen molar-refractivity contribution in [2.45, 2.75) is 52.0 Å². The Bertz CT molecular complexity index is 431. The van der Waals surface area contributed by atoms with Crippen LogP contribution in [0, 0.1) is 6.92 Å². The fourth-order valence-corrected chi connectivity index (χ4v) is 2.63. The van der Waals surface area contributed by atoms with Gasteiger partial charge < -0.3 is 10.4 Å². The second-order valence-electron chi connectivity index (χ2n) is 4.46. The van der Waals surface area contributed by atoms with Crippen molar-refractivity contribution in [1.82, 2.24) is 10.3 Å². The number of aliphatic carboxylic acids is 1. The molecule has 6 heteroatoms. The molecule has 0 saturated heterocycles. The smallest absolute Gasteiger partial charge is 0.303 e. The number of aromatic nitrogens is 1. The van der Waals surface area contributed by atoms with Crippen molar-refractivity contribution in [3.63, 3.8) is 0 Å². The SMILES string of the molecule is CCC(NC(=O)CCCCC(=O)O)c1nc(C)cs1. The van der Waals surface area contributed by atoms with Crippen molar-refractivity contribution in [3.8, 4) is 0 Å². The Morgan fingerprint density at radius 3 is 2.63 bits per heavy atom. The average Bonchev–Trinajstić information content (AvgIpc) is 2.78. The van der Waals surface area contributed by atoms with E-state index in [0.717, 1.165) is 17.1 Å². The summed E-state index contributed by atoms with van der Waals surface area (Å²) in [7, 11) is 0. The number of unbranched alkanes of at least 4 members (excludes halogenated alkanes) is 1. The predicted octanol–water partition coefficient (Wildman–Crippen LogP) is 2.66. The van der Waals surface area contributed by atoms with E-state index in [1.165, 1.54) is 0 Å². The maximum Gasteiger partial charge on any atom is 0.303 e. The summed E-state index contributed by atoms with van der Waals surface area (Å²) in [6.07, 6.45) is 2.43. The van der Waals surface area contributed by atoms with Crippen LogP contribution in [0.15, 0.2) is 5.38 Å². The van der Waals surface area contributed by atoms with Crippen LogP contribution in [0.5, 0.6) is 0 Å². The first-order valence-electron chi connectivity index (χ1n) is 6.46. The Morgan fingerprint density at radius 2 is 2.11 bits per heavy atom. The molecule has 1 aromatic heterocycles. The van der Waals surface area contributed by atoms with Gasteiger partial charge in [-0.25, -0.2) is 4.98 Å². The molecule has 0 aliphatic carbocycles. The van der Waals surface area contributed by atoms with Gasteiger partial charge in [0, 0.05) is 23.9 Å². The monoisotopic (exact) mass is 284 g/mol. The van der Waals surface area contributed by atoms with Gasteiger partial charge in [-0.15, -0.1) is 11.3 Å². The molecule has 0 spiro atoms. The number of nitrogens with zero attached hydrogens (tertiary/aromatic N) is 1. The number of hydrogen-bond donors (Lipinski definition) is 2. The van der Waals surface area contributed by atoms with E-state index in [2.05, 4.69) is 10.3 Å². The van der Waals surface area contributed by atoms with Crippen molar-refractivity contribution < 1.29 is 14.7 Å². The molecule has 0 aliphatic heterocycles. The van der Waals surface area contributed by atoms with Crippen LogP contribution in [0.2, 0.25) is 0 Å². The standard InChI is InChI=1S/C13H20N2O3S/c1-3-10(13-14-9(2)8-19-13)15-11(16)6-4-5-7-12(17)18/h8,10H,3-7H2,1-2H3,(H,15,16)(H,17,18). The van der Waals surface area contributed by atoms with E-state index >= 15 is 0 Å². The first-order valence-corrected chi connectivity index (χ1v) is 7.34. The Kier molecular flexibility index (Phi) is 6.49. The van der Waals surface area contributed by atoms with Gasteiger partial charge in [0.1, 0.15) is 5.01 Å². The molecule has 0 radical (unpaired) electrons. The Morgan fingerprint density at radius 1 is 1.42 bits per heavy atom. The van der Waals surface area contributed by atoms with E-state index in [9.17, 15) is 9.59 Å². The first kappa shape index (κ1) is 15.6. The summed E-state index contributed by atoms with van der Waals surface area (Å²) in [5.41, 5.74) is 0.967. The van der Waals surface area contributed by atoms with Gasteiger partial charge in [0.25, 0.3) is 0 Å². The van der Waals surface area contributed by atoms with E-state index in [1.807, 2.05) is 19.2 Å². The van der Waals surface area contributed by atoms with E-state index < -0.39 is 5.97 Å². The van der Waals surface area contributed by atoms with Crippen molar-refractivity contribution >= 4 is 23.2 Å². The lowest BCUT2D eigenvalue weighted by molar-refractivity contribution is -0.137. The Balaban J connectivity index is 2.35. The number of carbonyl (C=O) groups is 2. The average molecular weight is 284 g/mol. The van der Waals surface area contributed by atoms with Crippen LogP contribution in [0.1, 0.15) is 55.8 Å². The fraction of sp³-hybridized carbons (Fsp3) is 0.615. The van der Waals surface area contributed by atoms with Gasteiger partial charge in [-0.1, -0.05) is 6.92 Å². The summed E-state index contributed by atoms with van der Waals surface area (Å²) in [5.74, 6) is -0.852. The second-order valence-corrected chi connectivity index (χ2v) is 5.35. The Labute approximate surface area is 117 Å². The van der Waals surface area contributed by atoms with Gasteiger partial charge in [-0.3, -0.25) is 9.59 Å². The zero-order valence-electron chi connectivity index (χ0n) is 11.3. The number of nitrogens with one attached hydrogen (secondary N) is 1. The molecule has 1 amide bonds. The molecule has 5 nitrogen and oxygen atoms in total. The minimum absolute atomic E-state index is 0.0364. The molecule has 1 unspecified atom stereocenters. The van der Waals surface area contributed by atoms with Gasteiger partial charge >= 0.3 is 5.97 Å². The minimum atomic E-state index is -0.815. The molecule has 0 fully saturated rings. The maximum absolute atomic E-state index is 11.8. The van der Waals surface area contributed by atoms with E-state index in [0.29, 0.717) is 19.3 Å². The van der Waals surface area contributed by atoms with Crippen LogP contribution in [-0.2, 0) is 9.59 Å². The van der Waals surface area contributed by atoms with Crippen molar-refractivity contribution in [3.05, 3.63) is 16.1 Å². The zero-order chi connectivity index (χ0) is 14.3. The summed E-state index contributed by atoms with van der Waals surface area (Å²) < 4.78 is 0. The van der Waals surface area contributed by atoms with E-state index in [1.54, 1.807) is 11.3 Å². The van der Waals surface area contributed by atoms with Crippen molar-refractivity contribution in [2.24, 2.45) is 0 Å². The van der Waals surface area contributed by atoms with Crippen LogP contribution < -0.4 is 5.32 Å². The third kappa shape index (κ3) is 5.83. The molecule has 106 valence electrons. The summed E-state index contributed by atoms with van der Waals surface area (Å²) in [5, 5.41) is 14.4. The highest BCUT2D eigenvalue weighted by molar-refractivity contribution is 7.09. The second kappa shape index (κ2) is 7.89. The lowest BCUT2D eigenvalue weighted by atomic mass is 10.1. The number of carboxylic acids is 1. The topological polar surface area (TPSA) is 79.3 Å². The molecule has 0 aromatic carbocycles. The molecular formula is C13H20N2O3S. The summed E-state index contributed by atoms with van der Waals surface area (Å²) in [6.45, 7) is 3.94. The van der Waals surface area contributed by atoms with E-state index in [-0.39, 0.29) is 18.4 Å². The number of aryl methyl sites for hydroxylation is 1. The lowest BCUT2D eigenvalue weighted by Crippen LogP contribution is -2.27. The van der Waals surface area contributed by atoms with Crippen molar-refractivity contribution in [2.75, 3.05) is 0 Å². The summed E-state index contributed by atoms with van der Waals surface area (Å²) in [4.78, 5) is 26.5. The molecule has 1 aromatic rings. The molecule has 0 saturated carbocycles. The summed E-state index contributed by atoms with van der Waals surface area (Å²) in [6, 6.07) is -0.0364. The highest BCUT2D eigenvalue weighted by atomic mass is 32.1. The first-order chi connectivity index (χ1) is 9.02. The van der Waals surface area contributed by atoms with Crippen molar-refractivity contribution in [1.29, 1.82) is 0 Å². The molecular weight excluding hydrogens is 264 g/mol. The third-order valence-electron chi connectivity index (χ3n) is 2.72. The molecule has 1 rings (SSSR count). The largest absolute Gasteiger partial charge is 0.481 e. The predicted molar refractivity (Wildman–Crippen MR) is 74.1 cm³/mol. The van der Waals surface area contributed by atoms with Crippen LogP contribution >= 0.6 is 11.3 Å². The molecule has 0 aliphatic rings. The van der Waals surface area contributed by atoms with Gasteiger partial charge in [-0.05, 0) is 26.2 Å². The van der Waals surface area contributed by atoms with E-state index in [4.69, 9.17) is 5.11 Å². The van der Waals surface area contributed by atoms with Crippen LogP contribution in [0.3, 0.4) is 0 Å². The molecule has 1 heterocycles. The lowest BCUT2D eigenvalue weighted by Gasteiger charge is -2.14. The number of carbonyl (C=O) groups excluding carboxylic acids is 1. The number of amides is 1. The molecule has 2 N–H and O–H groups in total.